The predicted octanol–water partition coefficient (Wildman–Crippen LogP) is -0.541. The summed E-state index contributed by atoms with van der Waals surface area (Å²) < 4.78 is 1.47. The summed E-state index contributed by atoms with van der Waals surface area (Å²) in [5.41, 5.74) is 6.22. The summed E-state index contributed by atoms with van der Waals surface area (Å²) >= 11 is 2.63. The number of aliphatic carboxylic acids is 1. The molecular formula is C19H21N9O5S2. The van der Waals surface area contributed by atoms with E-state index in [0.29, 0.717) is 22.2 Å². The van der Waals surface area contributed by atoms with Gasteiger partial charge in [-0.3, -0.25) is 14.5 Å². The Kier molecular flexibility index (Phi) is 7.20. The highest BCUT2D eigenvalue weighted by Gasteiger charge is 2.54. The van der Waals surface area contributed by atoms with Crippen molar-refractivity contribution in [2.24, 2.45) is 12.2 Å². The van der Waals surface area contributed by atoms with E-state index in [1.165, 1.54) is 33.1 Å². The van der Waals surface area contributed by atoms with Crippen LogP contribution in [-0.2, 0) is 26.3 Å². The minimum absolute atomic E-state index is 0.0902. The molecule has 1 saturated heterocycles. The summed E-state index contributed by atoms with van der Waals surface area (Å²) in [4.78, 5) is 48.3. The molecule has 16 heteroatoms. The Hall–Kier alpha value is -3.66. The molecule has 4 N–H and O–H groups in total. The van der Waals surface area contributed by atoms with Crippen LogP contribution in [0.5, 0.6) is 0 Å². The summed E-state index contributed by atoms with van der Waals surface area (Å²) in [5, 5.41) is 27.4. The third-order valence-electron chi connectivity index (χ3n) is 5.01. The number of carboxylic acid groups (broad SMARTS) is 1. The van der Waals surface area contributed by atoms with Crippen LogP contribution in [0.2, 0.25) is 0 Å². The minimum Gasteiger partial charge on any atom is -0.477 e. The number of tetrazole rings is 1. The van der Waals surface area contributed by atoms with Crippen LogP contribution in [0.1, 0.15) is 12.6 Å². The lowest BCUT2D eigenvalue weighted by Crippen LogP contribution is -2.71. The minimum atomic E-state index is -1.22. The summed E-state index contributed by atoms with van der Waals surface area (Å²) in [6.45, 7) is 1.92. The molecule has 0 saturated carbocycles. The van der Waals surface area contributed by atoms with Gasteiger partial charge in [0, 0.05) is 18.6 Å². The Bertz CT molecular complexity index is 1230. The van der Waals surface area contributed by atoms with Crippen molar-refractivity contribution < 1.29 is 24.3 Å². The average Bonchev–Trinajstić information content (AvgIpc) is 3.25. The van der Waals surface area contributed by atoms with Crippen molar-refractivity contribution in [1.82, 2.24) is 35.4 Å². The number of carbonyl (C=O) groups excluding carboxylic acids is 2. The Balaban J connectivity index is 1.51. The van der Waals surface area contributed by atoms with Crippen molar-refractivity contribution in [2.75, 3.05) is 23.8 Å². The molecule has 2 amide bonds. The zero-order valence-corrected chi connectivity index (χ0v) is 20.2. The van der Waals surface area contributed by atoms with Crippen LogP contribution in [0.4, 0.5) is 5.82 Å². The summed E-state index contributed by atoms with van der Waals surface area (Å²) in [6.07, 6.45) is 0. The topological polar surface area (TPSA) is 191 Å². The van der Waals surface area contributed by atoms with Crippen LogP contribution in [0.3, 0.4) is 0 Å². The molecule has 0 aliphatic carbocycles. The van der Waals surface area contributed by atoms with Gasteiger partial charge in [-0.15, -0.1) is 16.9 Å². The maximum absolute atomic E-state index is 13.0. The fourth-order valence-corrected chi connectivity index (χ4v) is 5.75. The monoisotopic (exact) mass is 519 g/mol. The first kappa shape index (κ1) is 24.5. The highest BCUT2D eigenvalue weighted by atomic mass is 32.2. The summed E-state index contributed by atoms with van der Waals surface area (Å²) in [6, 6.07) is 3.77. The fraction of sp³-hybridized carbons (Fsp3) is 0.368. The second kappa shape index (κ2) is 10.3. The smallest absolute Gasteiger partial charge is 0.352 e. The second-order valence-electron chi connectivity index (χ2n) is 7.30. The van der Waals surface area contributed by atoms with E-state index in [9.17, 15) is 19.5 Å². The highest BCUT2D eigenvalue weighted by molar-refractivity contribution is 8.01. The number of aryl methyl sites for hydroxylation is 1. The largest absolute Gasteiger partial charge is 0.477 e. The number of nitrogens with zero attached hydrogens (tertiary/aromatic N) is 7. The standard InChI is InChI=1S/C19H21N9O5S2/c1-3-33-24-12(10-5-4-6-11(20)21-10)15(29)22-13-16(30)28-14(18(31)32)9(7-34-17(13)28)8-35-19-23-25-26-27(19)2/h4-6,13,17H,3,7-8H2,1-2H3,(H2,20,21)(H,22,29)(H,31,32)/t13?,17-/m0/s1. The molecule has 4 rings (SSSR count). The van der Waals surface area contributed by atoms with Crippen molar-refractivity contribution in [3.05, 3.63) is 35.2 Å². The first-order valence-corrected chi connectivity index (χ1v) is 12.3. The van der Waals surface area contributed by atoms with Gasteiger partial charge in [0.1, 0.15) is 35.2 Å². The van der Waals surface area contributed by atoms with Crippen LogP contribution in [0, 0.1) is 0 Å². The van der Waals surface area contributed by atoms with Gasteiger partial charge in [0.15, 0.2) is 5.71 Å². The summed E-state index contributed by atoms with van der Waals surface area (Å²) in [5.74, 6) is -1.60. The van der Waals surface area contributed by atoms with Crippen molar-refractivity contribution in [1.29, 1.82) is 0 Å². The SMILES string of the molecule is CCON=C(C(=O)NC1C(=O)N2C(C(=O)O)=C(CSc3nnnn3C)CS[C@@H]12)c1cccc(N)n1. The number of carboxylic acids is 1. The van der Waals surface area contributed by atoms with Crippen molar-refractivity contribution in [2.45, 2.75) is 23.5 Å². The molecular weight excluding hydrogens is 498 g/mol. The second-order valence-corrected chi connectivity index (χ2v) is 9.34. The number of amides is 2. The number of aromatic nitrogens is 5. The molecule has 2 atom stereocenters. The first-order chi connectivity index (χ1) is 16.8. The number of hydrogen-bond donors (Lipinski definition) is 3. The maximum Gasteiger partial charge on any atom is 0.352 e. The number of nitrogens with two attached hydrogens (primary N) is 1. The number of fused-ring (bicyclic) bond motifs is 1. The third-order valence-corrected chi connectivity index (χ3v) is 7.44. The van der Waals surface area contributed by atoms with E-state index >= 15 is 0 Å². The van der Waals surface area contributed by atoms with Gasteiger partial charge in [-0.25, -0.2) is 14.5 Å². The molecule has 0 bridgehead atoms. The number of anilines is 1. The van der Waals surface area contributed by atoms with E-state index in [1.807, 2.05) is 0 Å². The molecule has 0 radical (unpaired) electrons. The lowest BCUT2D eigenvalue weighted by molar-refractivity contribution is -0.150. The average molecular weight is 520 g/mol. The van der Waals surface area contributed by atoms with E-state index in [1.54, 1.807) is 32.2 Å². The van der Waals surface area contributed by atoms with Crippen LogP contribution in [-0.4, -0.2) is 88.2 Å². The van der Waals surface area contributed by atoms with Crippen LogP contribution in [0.15, 0.2) is 39.8 Å². The number of nitrogen functional groups attached to an aromatic ring is 1. The van der Waals surface area contributed by atoms with Crippen molar-refractivity contribution in [3.63, 3.8) is 0 Å². The lowest BCUT2D eigenvalue weighted by atomic mass is 10.0. The number of carbonyl (C=O) groups is 3. The van der Waals surface area contributed by atoms with E-state index < -0.39 is 29.2 Å². The van der Waals surface area contributed by atoms with Gasteiger partial charge in [0.2, 0.25) is 5.16 Å². The lowest BCUT2D eigenvalue weighted by Gasteiger charge is -2.49. The number of thioether (sulfide) groups is 2. The quantitative estimate of drug-likeness (QED) is 0.166. The number of pyridine rings is 1. The molecule has 35 heavy (non-hydrogen) atoms. The van der Waals surface area contributed by atoms with Gasteiger partial charge in [0.25, 0.3) is 11.8 Å². The van der Waals surface area contributed by atoms with Gasteiger partial charge in [0.05, 0.1) is 0 Å². The molecule has 1 unspecified atom stereocenters. The molecule has 1 fully saturated rings. The number of nitrogens with one attached hydrogen (secondary N) is 1. The zero-order chi connectivity index (χ0) is 25.1. The van der Waals surface area contributed by atoms with Gasteiger partial charge in [-0.2, -0.15) is 0 Å². The van der Waals surface area contributed by atoms with Crippen LogP contribution < -0.4 is 11.1 Å². The van der Waals surface area contributed by atoms with Crippen molar-refractivity contribution in [3.8, 4) is 0 Å². The highest BCUT2D eigenvalue weighted by Crippen LogP contribution is 2.41. The van der Waals surface area contributed by atoms with Crippen LogP contribution in [0.25, 0.3) is 0 Å². The number of oxime groups is 1. The maximum atomic E-state index is 13.0. The molecule has 0 aromatic carbocycles. The normalized spacial score (nSPS) is 19.8. The Morgan fingerprint density at radius 2 is 2.23 bits per heavy atom. The first-order valence-electron chi connectivity index (χ1n) is 10.3. The number of rotatable bonds is 9. The van der Waals surface area contributed by atoms with Gasteiger partial charge < -0.3 is 21.0 Å². The summed E-state index contributed by atoms with van der Waals surface area (Å²) in [7, 11) is 1.68. The van der Waals surface area contributed by atoms with Gasteiger partial charge in [-0.05, 0) is 35.1 Å². The molecule has 184 valence electrons. The van der Waals surface area contributed by atoms with Gasteiger partial charge in [-0.1, -0.05) is 23.0 Å². The predicted molar refractivity (Wildman–Crippen MR) is 126 cm³/mol. The van der Waals surface area contributed by atoms with E-state index in [2.05, 4.69) is 31.0 Å². The third kappa shape index (κ3) is 4.93. The zero-order valence-electron chi connectivity index (χ0n) is 18.6. The molecule has 0 spiro atoms. The molecule has 2 aromatic heterocycles. The van der Waals surface area contributed by atoms with E-state index in [0.717, 1.165) is 0 Å². The molecule has 2 aliphatic heterocycles. The Morgan fingerprint density at radius 3 is 2.89 bits per heavy atom. The molecule has 2 aromatic rings. The Labute approximate surface area is 207 Å². The number of hydrogen-bond acceptors (Lipinski definition) is 12. The number of β-lactam (4-membered cyclic amide) rings is 1. The van der Waals surface area contributed by atoms with Crippen LogP contribution >= 0.6 is 23.5 Å². The van der Waals surface area contributed by atoms with Gasteiger partial charge >= 0.3 is 5.97 Å². The van der Waals surface area contributed by atoms with Crippen molar-refractivity contribution >= 4 is 52.8 Å². The molecule has 14 nitrogen and oxygen atoms in total. The fourth-order valence-electron chi connectivity index (χ4n) is 3.42. The Morgan fingerprint density at radius 1 is 1.43 bits per heavy atom. The molecule has 4 heterocycles. The van der Waals surface area contributed by atoms with E-state index in [4.69, 9.17) is 10.6 Å². The molecule has 2 aliphatic rings. The van der Waals surface area contributed by atoms with E-state index in [-0.39, 0.29) is 29.5 Å².